The fourth-order valence-corrected chi connectivity index (χ4v) is 1.71. The molecule has 0 fully saturated rings. The molecule has 1 atom stereocenters. The maximum absolute atomic E-state index is 12.2. The van der Waals surface area contributed by atoms with E-state index in [9.17, 15) is 8.78 Å². The Morgan fingerprint density at radius 1 is 1.11 bits per heavy atom. The lowest BCUT2D eigenvalue weighted by molar-refractivity contribution is -0.0493. The van der Waals surface area contributed by atoms with Gasteiger partial charge in [-0.05, 0) is 37.8 Å². The smallest absolute Gasteiger partial charge is 0.387 e. The van der Waals surface area contributed by atoms with Crippen LogP contribution < -0.4 is 10.1 Å². The Morgan fingerprint density at radius 3 is 2.39 bits per heavy atom. The highest BCUT2D eigenvalue weighted by atomic mass is 19.3. The van der Waals surface area contributed by atoms with Gasteiger partial charge in [0.15, 0.2) is 0 Å². The third-order valence-electron chi connectivity index (χ3n) is 2.68. The maximum atomic E-state index is 12.2. The number of halogens is 2. The van der Waals surface area contributed by atoms with Crippen LogP contribution in [0.25, 0.3) is 0 Å². The van der Waals surface area contributed by atoms with Crippen LogP contribution in [0.15, 0.2) is 24.3 Å². The zero-order chi connectivity index (χ0) is 13.5. The first-order valence-electron chi connectivity index (χ1n) is 6.29. The summed E-state index contributed by atoms with van der Waals surface area (Å²) < 4.78 is 29.0. The highest BCUT2D eigenvalue weighted by Crippen LogP contribution is 2.26. The molecule has 1 aromatic rings. The molecule has 0 bridgehead atoms. The molecule has 0 heterocycles. The first-order chi connectivity index (χ1) is 8.49. The summed E-state index contributed by atoms with van der Waals surface area (Å²) in [6.45, 7) is 3.58. The number of anilines is 1. The minimum atomic E-state index is -2.79. The lowest BCUT2D eigenvalue weighted by Crippen LogP contribution is -2.17. The summed E-state index contributed by atoms with van der Waals surface area (Å²) in [4.78, 5) is 0. The Bertz CT molecular complexity index is 355. The van der Waals surface area contributed by atoms with Crippen LogP contribution in [-0.2, 0) is 0 Å². The molecule has 4 heteroatoms. The maximum Gasteiger partial charge on any atom is 0.387 e. The molecule has 0 aliphatic rings. The van der Waals surface area contributed by atoms with E-state index in [2.05, 4.69) is 23.9 Å². The first-order valence-corrected chi connectivity index (χ1v) is 6.29. The lowest BCUT2D eigenvalue weighted by Gasteiger charge is -2.18. The lowest BCUT2D eigenvalue weighted by atomic mass is 10.0. The van der Waals surface area contributed by atoms with Crippen molar-refractivity contribution in [1.29, 1.82) is 0 Å². The number of ether oxygens (including phenoxy) is 1. The van der Waals surface area contributed by atoms with Gasteiger partial charge in [-0.15, -0.1) is 0 Å². The zero-order valence-electron chi connectivity index (χ0n) is 11.1. The molecule has 0 saturated heterocycles. The average Bonchev–Trinajstić information content (AvgIpc) is 2.28. The van der Waals surface area contributed by atoms with E-state index in [4.69, 9.17) is 0 Å². The minimum absolute atomic E-state index is 0.198. The van der Waals surface area contributed by atoms with Crippen LogP contribution in [0.5, 0.6) is 5.75 Å². The number of hydrogen-bond donors (Lipinski definition) is 1. The number of alkyl halides is 2. The van der Waals surface area contributed by atoms with Crippen molar-refractivity contribution in [3.63, 3.8) is 0 Å². The van der Waals surface area contributed by atoms with E-state index in [1.54, 1.807) is 24.3 Å². The van der Waals surface area contributed by atoms with Crippen molar-refractivity contribution >= 4 is 5.69 Å². The normalized spacial score (nSPS) is 12.8. The Morgan fingerprint density at radius 2 is 1.78 bits per heavy atom. The molecule has 0 aliphatic heterocycles. The molecule has 18 heavy (non-hydrogen) atoms. The Labute approximate surface area is 107 Å². The van der Waals surface area contributed by atoms with Crippen LogP contribution in [0.3, 0.4) is 0 Å². The van der Waals surface area contributed by atoms with Crippen LogP contribution in [0.2, 0.25) is 0 Å². The van der Waals surface area contributed by atoms with Crippen molar-refractivity contribution in [2.24, 2.45) is 5.92 Å². The summed E-state index contributed by atoms with van der Waals surface area (Å²) in [5, 5.41) is 3.21. The molecule has 2 nitrogen and oxygen atoms in total. The molecule has 0 spiro atoms. The van der Waals surface area contributed by atoms with Crippen molar-refractivity contribution in [2.45, 2.75) is 46.3 Å². The second-order valence-electron chi connectivity index (χ2n) is 4.89. The molecule has 1 aromatic carbocycles. The third-order valence-corrected chi connectivity index (χ3v) is 2.68. The molecule has 1 unspecified atom stereocenters. The van der Waals surface area contributed by atoms with E-state index in [0.717, 1.165) is 12.8 Å². The molecular weight excluding hydrogens is 236 g/mol. The van der Waals surface area contributed by atoms with Gasteiger partial charge in [-0.25, -0.2) is 0 Å². The van der Waals surface area contributed by atoms with Crippen LogP contribution >= 0.6 is 0 Å². The quantitative estimate of drug-likeness (QED) is 0.775. The van der Waals surface area contributed by atoms with Crippen molar-refractivity contribution in [1.82, 2.24) is 0 Å². The predicted molar refractivity (Wildman–Crippen MR) is 70.2 cm³/mol. The van der Waals surface area contributed by atoms with Crippen LogP contribution in [0.4, 0.5) is 14.5 Å². The number of benzene rings is 1. The van der Waals surface area contributed by atoms with Gasteiger partial charge in [0, 0.05) is 6.04 Å². The number of rotatable bonds is 7. The van der Waals surface area contributed by atoms with E-state index in [1.807, 2.05) is 6.92 Å². The van der Waals surface area contributed by atoms with Gasteiger partial charge in [0.1, 0.15) is 5.75 Å². The van der Waals surface area contributed by atoms with Gasteiger partial charge in [-0.1, -0.05) is 26.0 Å². The van der Waals surface area contributed by atoms with Crippen LogP contribution in [0.1, 0.15) is 33.6 Å². The second-order valence-corrected chi connectivity index (χ2v) is 4.89. The summed E-state index contributed by atoms with van der Waals surface area (Å²) in [5.74, 6) is 0.839. The average molecular weight is 257 g/mol. The molecule has 0 aromatic heterocycles. The van der Waals surface area contributed by atoms with Crippen LogP contribution in [0, 0.1) is 5.92 Å². The Hall–Kier alpha value is -1.32. The highest BCUT2D eigenvalue weighted by molar-refractivity contribution is 5.56. The highest BCUT2D eigenvalue weighted by Gasteiger charge is 2.11. The van der Waals surface area contributed by atoms with E-state index in [-0.39, 0.29) is 11.8 Å². The van der Waals surface area contributed by atoms with Gasteiger partial charge < -0.3 is 10.1 Å². The minimum Gasteiger partial charge on any atom is -0.433 e. The van der Waals surface area contributed by atoms with Gasteiger partial charge in [0.05, 0.1) is 5.69 Å². The number of hydrogen-bond acceptors (Lipinski definition) is 2. The van der Waals surface area contributed by atoms with Gasteiger partial charge >= 0.3 is 6.61 Å². The van der Waals surface area contributed by atoms with Crippen LogP contribution in [-0.4, -0.2) is 12.7 Å². The van der Waals surface area contributed by atoms with Gasteiger partial charge in [0.2, 0.25) is 0 Å². The predicted octanol–water partition coefficient (Wildman–Crippen LogP) is 4.52. The molecule has 102 valence electrons. The zero-order valence-corrected chi connectivity index (χ0v) is 11.1. The largest absolute Gasteiger partial charge is 0.433 e. The summed E-state index contributed by atoms with van der Waals surface area (Å²) in [5.41, 5.74) is 0.619. The summed E-state index contributed by atoms with van der Waals surface area (Å²) in [6, 6.07) is 7.01. The van der Waals surface area contributed by atoms with Crippen molar-refractivity contribution in [3.8, 4) is 5.75 Å². The van der Waals surface area contributed by atoms with E-state index >= 15 is 0 Å². The molecule has 0 radical (unpaired) electrons. The number of nitrogens with one attached hydrogen (secondary N) is 1. The third kappa shape index (κ3) is 5.34. The molecule has 1 rings (SSSR count). The van der Waals surface area contributed by atoms with E-state index in [0.29, 0.717) is 11.6 Å². The van der Waals surface area contributed by atoms with Crippen molar-refractivity contribution in [2.75, 3.05) is 5.32 Å². The first kappa shape index (κ1) is 14.7. The molecule has 0 saturated carbocycles. The summed E-state index contributed by atoms with van der Waals surface area (Å²) in [6.07, 6.45) is 2.10. The fraction of sp³-hybridized carbons (Fsp3) is 0.571. The Kier molecular flexibility index (Phi) is 5.89. The fourth-order valence-electron chi connectivity index (χ4n) is 1.71. The van der Waals surface area contributed by atoms with Crippen molar-refractivity contribution < 1.29 is 13.5 Å². The van der Waals surface area contributed by atoms with E-state index < -0.39 is 6.61 Å². The molecule has 0 amide bonds. The van der Waals surface area contributed by atoms with Crippen molar-refractivity contribution in [3.05, 3.63) is 24.3 Å². The second kappa shape index (κ2) is 7.19. The topological polar surface area (TPSA) is 21.3 Å². The molecular formula is C14H21F2NO. The standard InChI is InChI=1S/C14H21F2NO/c1-10(2)8-9-11(3)17-12-6-4-5-7-13(12)18-14(15)16/h4-7,10-11,14,17H,8-9H2,1-3H3. The molecule has 0 aliphatic carbocycles. The monoisotopic (exact) mass is 257 g/mol. The molecule has 1 N–H and O–H groups in total. The SMILES string of the molecule is CC(C)CCC(C)Nc1ccccc1OC(F)F. The summed E-state index contributed by atoms with van der Waals surface area (Å²) in [7, 11) is 0. The van der Waals surface area contributed by atoms with Gasteiger partial charge in [0.25, 0.3) is 0 Å². The summed E-state index contributed by atoms with van der Waals surface area (Å²) >= 11 is 0. The van der Waals surface area contributed by atoms with Gasteiger partial charge in [-0.2, -0.15) is 8.78 Å². The van der Waals surface area contributed by atoms with E-state index in [1.165, 1.54) is 0 Å². The Balaban J connectivity index is 2.60. The van der Waals surface area contributed by atoms with Gasteiger partial charge in [-0.3, -0.25) is 0 Å². The number of para-hydroxylation sites is 2.